The van der Waals surface area contributed by atoms with Gasteiger partial charge in [-0.3, -0.25) is 19.6 Å². The maximum absolute atomic E-state index is 13.3. The number of amides is 1. The van der Waals surface area contributed by atoms with Gasteiger partial charge in [0.25, 0.3) is 21.6 Å². The molecule has 0 spiro atoms. The van der Waals surface area contributed by atoms with Crippen LogP contribution in [0.4, 0.5) is 22.7 Å². The first-order valence-corrected chi connectivity index (χ1v) is 13.4. The average Bonchev–Trinajstić information content (AvgIpc) is 2.96. The average molecular weight is 571 g/mol. The Kier molecular flexibility index (Phi) is 8.50. The molecule has 13 nitrogen and oxygen atoms in total. The first kappa shape index (κ1) is 28.3. The smallest absolute Gasteiger partial charge is 0.338 e. The number of hydrogen-bond donors (Lipinski definition) is 2. The second-order valence-corrected chi connectivity index (χ2v) is 10.2. The van der Waals surface area contributed by atoms with E-state index in [1.54, 1.807) is 30.3 Å². The van der Waals surface area contributed by atoms with Crippen LogP contribution in [0, 0.1) is 10.1 Å². The van der Waals surface area contributed by atoms with E-state index in [4.69, 9.17) is 9.47 Å². The van der Waals surface area contributed by atoms with Crippen LogP contribution < -0.4 is 19.7 Å². The van der Waals surface area contributed by atoms with Gasteiger partial charge in [0.2, 0.25) is 0 Å². The van der Waals surface area contributed by atoms with Crippen molar-refractivity contribution in [1.29, 1.82) is 0 Å². The monoisotopic (exact) mass is 570 g/mol. The minimum Gasteiger partial charge on any atom is -0.495 e. The van der Waals surface area contributed by atoms with Crippen molar-refractivity contribution in [2.75, 3.05) is 55.5 Å². The molecular weight excluding hydrogens is 544 g/mol. The van der Waals surface area contributed by atoms with E-state index in [2.05, 4.69) is 14.8 Å². The van der Waals surface area contributed by atoms with Gasteiger partial charge in [-0.15, -0.1) is 0 Å². The summed E-state index contributed by atoms with van der Waals surface area (Å²) >= 11 is 0. The zero-order valence-electron chi connectivity index (χ0n) is 21.6. The third kappa shape index (κ3) is 6.30. The lowest BCUT2D eigenvalue weighted by Gasteiger charge is -2.30. The summed E-state index contributed by atoms with van der Waals surface area (Å²) in [4.78, 5) is 37.8. The van der Waals surface area contributed by atoms with Crippen LogP contribution in [0.2, 0.25) is 0 Å². The highest BCUT2D eigenvalue weighted by Gasteiger charge is 2.24. The molecule has 0 radical (unpaired) electrons. The van der Waals surface area contributed by atoms with E-state index in [0.717, 1.165) is 25.3 Å². The highest BCUT2D eigenvalue weighted by Crippen LogP contribution is 2.32. The largest absolute Gasteiger partial charge is 0.495 e. The molecule has 1 heterocycles. The zero-order valence-corrected chi connectivity index (χ0v) is 22.4. The molecule has 4 rings (SSSR count). The Morgan fingerprint density at radius 3 is 2.35 bits per heavy atom. The SMILES string of the molecule is COC(=O)c1cc(C(=O)Nc2cc(S(=O)(=O)Nc3ccccc3OC)ccc2N2CCOCC2)cc([N+](=O)[O-])c1. The van der Waals surface area contributed by atoms with E-state index in [9.17, 15) is 28.1 Å². The van der Waals surface area contributed by atoms with Crippen LogP contribution in [0.5, 0.6) is 5.75 Å². The number of para-hydroxylation sites is 2. The summed E-state index contributed by atoms with van der Waals surface area (Å²) in [6.07, 6.45) is 0. The Morgan fingerprint density at radius 2 is 1.68 bits per heavy atom. The summed E-state index contributed by atoms with van der Waals surface area (Å²) in [5.74, 6) is -1.34. The number of benzene rings is 3. The standard InChI is InChI=1S/C26H26N4O9S/c1-37-24-6-4-3-5-21(24)28-40(35,36)20-7-8-23(29-9-11-39-12-10-29)22(16-20)27-25(31)17-13-18(26(32)38-2)15-19(14-17)30(33)34/h3-8,13-16,28H,9-12H2,1-2H3,(H,27,31). The number of hydrogen-bond acceptors (Lipinski definition) is 10. The van der Waals surface area contributed by atoms with Gasteiger partial charge in [-0.1, -0.05) is 12.1 Å². The predicted molar refractivity (Wildman–Crippen MR) is 146 cm³/mol. The summed E-state index contributed by atoms with van der Waals surface area (Å²) in [7, 11) is -1.60. The molecular formula is C26H26N4O9S. The topological polar surface area (TPSA) is 166 Å². The van der Waals surface area contributed by atoms with Gasteiger partial charge in [0.05, 0.1) is 59.9 Å². The van der Waals surface area contributed by atoms with Crippen LogP contribution in [0.25, 0.3) is 0 Å². The minimum atomic E-state index is -4.13. The van der Waals surface area contributed by atoms with E-state index in [1.165, 1.54) is 19.2 Å². The summed E-state index contributed by atoms with van der Waals surface area (Å²) < 4.78 is 44.4. The number of nitrogens with zero attached hydrogens (tertiary/aromatic N) is 2. The quantitative estimate of drug-likeness (QED) is 0.221. The van der Waals surface area contributed by atoms with Crippen molar-refractivity contribution in [2.24, 2.45) is 0 Å². The number of morpholine rings is 1. The molecule has 0 aromatic heterocycles. The second kappa shape index (κ2) is 12.0. The number of nitro benzene ring substituents is 1. The van der Waals surface area contributed by atoms with Crippen LogP contribution in [-0.4, -0.2) is 65.7 Å². The molecule has 0 bridgehead atoms. The number of methoxy groups -OCH3 is 2. The van der Waals surface area contributed by atoms with Gasteiger partial charge in [0.15, 0.2) is 0 Å². The van der Waals surface area contributed by atoms with E-state index >= 15 is 0 Å². The molecule has 3 aromatic carbocycles. The van der Waals surface area contributed by atoms with Crippen molar-refractivity contribution in [3.8, 4) is 5.75 Å². The molecule has 210 valence electrons. The number of nitrogens with one attached hydrogen (secondary N) is 2. The van der Waals surface area contributed by atoms with Crippen molar-refractivity contribution < 1.29 is 37.1 Å². The zero-order chi connectivity index (χ0) is 28.9. The van der Waals surface area contributed by atoms with Gasteiger partial charge in [0, 0.05) is 30.8 Å². The van der Waals surface area contributed by atoms with Crippen LogP contribution >= 0.6 is 0 Å². The number of esters is 1. The molecule has 1 aliphatic rings. The van der Waals surface area contributed by atoms with Crippen molar-refractivity contribution in [3.05, 3.63) is 81.9 Å². The Balaban J connectivity index is 1.73. The summed E-state index contributed by atoms with van der Waals surface area (Å²) in [6.45, 7) is 1.82. The third-order valence-corrected chi connectivity index (χ3v) is 7.40. The Hall–Kier alpha value is -4.69. The van der Waals surface area contributed by atoms with Crippen molar-refractivity contribution in [2.45, 2.75) is 4.90 Å². The van der Waals surface area contributed by atoms with Crippen LogP contribution in [0.15, 0.2) is 65.6 Å². The molecule has 0 unspecified atom stereocenters. The Bertz CT molecular complexity index is 1550. The fourth-order valence-electron chi connectivity index (χ4n) is 4.07. The highest BCUT2D eigenvalue weighted by atomic mass is 32.2. The number of nitro groups is 1. The molecule has 1 fully saturated rings. The minimum absolute atomic E-state index is 0.140. The second-order valence-electron chi connectivity index (χ2n) is 8.56. The van der Waals surface area contributed by atoms with Crippen molar-refractivity contribution in [1.82, 2.24) is 0 Å². The Morgan fingerprint density at radius 1 is 0.975 bits per heavy atom. The summed E-state index contributed by atoms with van der Waals surface area (Å²) in [6, 6.07) is 13.9. The predicted octanol–water partition coefficient (Wildman–Crippen LogP) is 3.28. The lowest BCUT2D eigenvalue weighted by atomic mass is 10.1. The van der Waals surface area contributed by atoms with E-state index < -0.39 is 32.5 Å². The number of carbonyl (C=O) groups is 2. The summed E-state index contributed by atoms with van der Waals surface area (Å²) in [5.41, 5.74) is 0.0153. The van der Waals surface area contributed by atoms with Gasteiger partial charge >= 0.3 is 5.97 Å². The third-order valence-electron chi connectivity index (χ3n) is 6.04. The molecule has 3 aromatic rings. The number of rotatable bonds is 9. The van der Waals surface area contributed by atoms with Crippen LogP contribution in [0.1, 0.15) is 20.7 Å². The van der Waals surface area contributed by atoms with Crippen LogP contribution in [-0.2, 0) is 19.5 Å². The molecule has 0 atom stereocenters. The molecule has 40 heavy (non-hydrogen) atoms. The van der Waals surface area contributed by atoms with Gasteiger partial charge in [-0.2, -0.15) is 0 Å². The molecule has 1 saturated heterocycles. The first-order chi connectivity index (χ1) is 19.1. The first-order valence-electron chi connectivity index (χ1n) is 11.9. The number of sulfonamides is 1. The Labute approximate surface area is 229 Å². The highest BCUT2D eigenvalue weighted by molar-refractivity contribution is 7.92. The number of non-ortho nitro benzene ring substituents is 1. The van der Waals surface area contributed by atoms with E-state index in [1.807, 2.05) is 4.90 Å². The maximum Gasteiger partial charge on any atom is 0.338 e. The normalized spacial score (nSPS) is 13.3. The fourth-order valence-corrected chi connectivity index (χ4v) is 5.17. The lowest BCUT2D eigenvalue weighted by Crippen LogP contribution is -2.36. The van der Waals surface area contributed by atoms with Gasteiger partial charge < -0.3 is 24.4 Å². The van der Waals surface area contributed by atoms with Gasteiger partial charge in [0.1, 0.15) is 5.75 Å². The molecule has 1 amide bonds. The lowest BCUT2D eigenvalue weighted by molar-refractivity contribution is -0.384. The molecule has 14 heteroatoms. The number of ether oxygens (including phenoxy) is 3. The van der Waals surface area contributed by atoms with Crippen molar-refractivity contribution >= 4 is 44.6 Å². The van der Waals surface area contributed by atoms with E-state index in [-0.39, 0.29) is 27.4 Å². The van der Waals surface area contributed by atoms with Gasteiger partial charge in [-0.05, 0) is 36.4 Å². The number of anilines is 3. The fraction of sp³-hybridized carbons (Fsp3) is 0.231. The van der Waals surface area contributed by atoms with Gasteiger partial charge in [-0.25, -0.2) is 13.2 Å². The molecule has 1 aliphatic heterocycles. The summed E-state index contributed by atoms with van der Waals surface area (Å²) in [5, 5.41) is 14.1. The molecule has 0 saturated carbocycles. The molecule has 0 aliphatic carbocycles. The maximum atomic E-state index is 13.3. The van der Waals surface area contributed by atoms with Crippen molar-refractivity contribution in [3.63, 3.8) is 0 Å². The molecule has 2 N–H and O–H groups in total. The van der Waals surface area contributed by atoms with Crippen LogP contribution in [0.3, 0.4) is 0 Å². The van der Waals surface area contributed by atoms with E-state index in [0.29, 0.717) is 37.7 Å². The number of carbonyl (C=O) groups excluding carboxylic acids is 2.